The van der Waals surface area contributed by atoms with Crippen molar-refractivity contribution < 1.29 is 18.0 Å². The van der Waals surface area contributed by atoms with Crippen LogP contribution in [0.5, 0.6) is 0 Å². The van der Waals surface area contributed by atoms with Gasteiger partial charge in [0.1, 0.15) is 11.6 Å². The SMILES string of the molecule is CC(=O)c1ccc(F)cc1-c1cc2cccc(F)c2o1. The van der Waals surface area contributed by atoms with Gasteiger partial charge < -0.3 is 4.42 Å². The lowest BCUT2D eigenvalue weighted by Gasteiger charge is -2.03. The zero-order valence-corrected chi connectivity index (χ0v) is 10.6. The molecule has 2 nitrogen and oxygen atoms in total. The van der Waals surface area contributed by atoms with Crippen LogP contribution in [-0.4, -0.2) is 5.78 Å². The first-order valence-corrected chi connectivity index (χ1v) is 6.05. The average Bonchev–Trinajstić information content (AvgIpc) is 2.83. The van der Waals surface area contributed by atoms with E-state index in [1.807, 2.05) is 0 Å². The highest BCUT2D eigenvalue weighted by Gasteiger charge is 2.15. The number of halogens is 2. The summed E-state index contributed by atoms with van der Waals surface area (Å²) in [6, 6.07) is 9.96. The van der Waals surface area contributed by atoms with Crippen LogP contribution < -0.4 is 0 Å². The van der Waals surface area contributed by atoms with Crippen LogP contribution in [0.25, 0.3) is 22.3 Å². The van der Waals surface area contributed by atoms with Crippen LogP contribution in [0.4, 0.5) is 8.78 Å². The second-order valence-corrected chi connectivity index (χ2v) is 4.51. The molecule has 0 spiro atoms. The fourth-order valence-electron chi connectivity index (χ4n) is 2.19. The number of fused-ring (bicyclic) bond motifs is 1. The first-order valence-electron chi connectivity index (χ1n) is 6.05. The maximum atomic E-state index is 13.6. The molecule has 0 fully saturated rings. The third-order valence-corrected chi connectivity index (χ3v) is 3.12. The van der Waals surface area contributed by atoms with Crippen molar-refractivity contribution in [2.75, 3.05) is 0 Å². The van der Waals surface area contributed by atoms with Crippen LogP contribution in [0.1, 0.15) is 17.3 Å². The van der Waals surface area contributed by atoms with E-state index >= 15 is 0 Å². The molecule has 0 amide bonds. The van der Waals surface area contributed by atoms with Crippen molar-refractivity contribution in [1.29, 1.82) is 0 Å². The van der Waals surface area contributed by atoms with Gasteiger partial charge in [-0.05, 0) is 37.3 Å². The Bertz CT molecular complexity index is 818. The summed E-state index contributed by atoms with van der Waals surface area (Å²) in [5.74, 6) is -0.906. The molecule has 0 saturated carbocycles. The molecule has 20 heavy (non-hydrogen) atoms. The highest BCUT2D eigenvalue weighted by molar-refractivity contribution is 6.01. The molecule has 100 valence electrons. The van der Waals surface area contributed by atoms with E-state index in [4.69, 9.17) is 4.42 Å². The number of benzene rings is 2. The second-order valence-electron chi connectivity index (χ2n) is 4.51. The fraction of sp³-hybridized carbons (Fsp3) is 0.0625. The molecule has 0 aliphatic carbocycles. The van der Waals surface area contributed by atoms with E-state index in [-0.39, 0.29) is 17.1 Å². The molecule has 0 N–H and O–H groups in total. The molecule has 3 aromatic rings. The van der Waals surface area contributed by atoms with E-state index in [1.165, 1.54) is 31.2 Å². The summed E-state index contributed by atoms with van der Waals surface area (Å²) in [5, 5.41) is 0.568. The van der Waals surface area contributed by atoms with Crippen LogP contribution in [0, 0.1) is 11.6 Å². The summed E-state index contributed by atoms with van der Waals surface area (Å²) in [7, 11) is 0. The number of hydrogen-bond donors (Lipinski definition) is 0. The lowest BCUT2D eigenvalue weighted by molar-refractivity contribution is 0.101. The van der Waals surface area contributed by atoms with Crippen LogP contribution in [0.15, 0.2) is 46.9 Å². The Hall–Kier alpha value is -2.49. The maximum Gasteiger partial charge on any atom is 0.170 e. The average molecular weight is 272 g/mol. The molecular weight excluding hydrogens is 262 g/mol. The molecular formula is C16H10F2O2. The number of hydrogen-bond acceptors (Lipinski definition) is 2. The smallest absolute Gasteiger partial charge is 0.170 e. The summed E-state index contributed by atoms with van der Waals surface area (Å²) in [5.41, 5.74) is 0.764. The third kappa shape index (κ3) is 1.99. The van der Waals surface area contributed by atoms with E-state index in [1.54, 1.807) is 18.2 Å². The van der Waals surface area contributed by atoms with Gasteiger partial charge in [0, 0.05) is 16.5 Å². The predicted molar refractivity (Wildman–Crippen MR) is 71.6 cm³/mol. The largest absolute Gasteiger partial charge is 0.453 e. The van der Waals surface area contributed by atoms with Crippen LogP contribution in [0.2, 0.25) is 0 Å². The highest BCUT2D eigenvalue weighted by Crippen LogP contribution is 2.32. The zero-order chi connectivity index (χ0) is 14.3. The number of carbonyl (C=O) groups is 1. The Kier molecular flexibility index (Phi) is 2.86. The van der Waals surface area contributed by atoms with Crippen molar-refractivity contribution in [2.45, 2.75) is 6.92 Å². The molecule has 0 radical (unpaired) electrons. The van der Waals surface area contributed by atoms with Gasteiger partial charge in [0.25, 0.3) is 0 Å². The van der Waals surface area contributed by atoms with E-state index < -0.39 is 11.6 Å². The summed E-state index contributed by atoms with van der Waals surface area (Å²) in [6.07, 6.45) is 0. The fourth-order valence-corrected chi connectivity index (χ4v) is 2.19. The van der Waals surface area contributed by atoms with Gasteiger partial charge in [-0.2, -0.15) is 0 Å². The lowest BCUT2D eigenvalue weighted by atomic mass is 10.0. The van der Waals surface area contributed by atoms with E-state index in [2.05, 4.69) is 0 Å². The number of para-hydroxylation sites is 1. The van der Waals surface area contributed by atoms with Gasteiger partial charge >= 0.3 is 0 Å². The molecule has 3 rings (SSSR count). The number of carbonyl (C=O) groups excluding carboxylic acids is 1. The molecule has 2 aromatic carbocycles. The van der Waals surface area contributed by atoms with Crippen molar-refractivity contribution in [2.24, 2.45) is 0 Å². The van der Waals surface area contributed by atoms with Crippen LogP contribution >= 0.6 is 0 Å². The van der Waals surface area contributed by atoms with Gasteiger partial charge in [0.05, 0.1) is 0 Å². The molecule has 0 saturated heterocycles. The molecule has 1 aromatic heterocycles. The van der Waals surface area contributed by atoms with E-state index in [0.29, 0.717) is 16.5 Å². The number of furan rings is 1. The summed E-state index contributed by atoms with van der Waals surface area (Å²) >= 11 is 0. The Labute approximate surface area is 113 Å². The Balaban J connectivity index is 2.27. The monoisotopic (exact) mass is 272 g/mol. The summed E-state index contributed by atoms with van der Waals surface area (Å²) in [6.45, 7) is 1.39. The highest BCUT2D eigenvalue weighted by atomic mass is 19.1. The minimum atomic E-state index is -0.491. The van der Waals surface area contributed by atoms with Gasteiger partial charge in [-0.3, -0.25) is 4.79 Å². The first-order chi connectivity index (χ1) is 9.56. The van der Waals surface area contributed by atoms with E-state index in [0.717, 1.165) is 0 Å². The predicted octanol–water partition coefficient (Wildman–Crippen LogP) is 4.58. The summed E-state index contributed by atoms with van der Waals surface area (Å²) < 4.78 is 32.5. The quantitative estimate of drug-likeness (QED) is 0.639. The maximum absolute atomic E-state index is 13.6. The topological polar surface area (TPSA) is 30.2 Å². The van der Waals surface area contributed by atoms with Crippen molar-refractivity contribution in [3.8, 4) is 11.3 Å². The molecule has 0 aliphatic rings. The van der Waals surface area contributed by atoms with Gasteiger partial charge in [0.15, 0.2) is 17.2 Å². The number of rotatable bonds is 2. The molecule has 0 aliphatic heterocycles. The van der Waals surface area contributed by atoms with Gasteiger partial charge in [-0.25, -0.2) is 8.78 Å². The Morgan fingerprint density at radius 2 is 1.90 bits per heavy atom. The Morgan fingerprint density at radius 3 is 2.60 bits per heavy atom. The van der Waals surface area contributed by atoms with Gasteiger partial charge in [-0.15, -0.1) is 0 Å². The Morgan fingerprint density at radius 1 is 1.10 bits per heavy atom. The normalized spacial score (nSPS) is 10.9. The molecule has 4 heteroatoms. The first kappa shape index (κ1) is 12.5. The molecule has 0 bridgehead atoms. The van der Waals surface area contributed by atoms with Crippen molar-refractivity contribution in [1.82, 2.24) is 0 Å². The van der Waals surface area contributed by atoms with Gasteiger partial charge in [-0.1, -0.05) is 12.1 Å². The van der Waals surface area contributed by atoms with E-state index in [9.17, 15) is 13.6 Å². The minimum Gasteiger partial charge on any atom is -0.453 e. The van der Waals surface area contributed by atoms with Crippen molar-refractivity contribution >= 4 is 16.8 Å². The molecule has 1 heterocycles. The summed E-state index contributed by atoms with van der Waals surface area (Å²) in [4.78, 5) is 11.6. The van der Waals surface area contributed by atoms with Crippen LogP contribution in [-0.2, 0) is 0 Å². The van der Waals surface area contributed by atoms with Crippen molar-refractivity contribution in [3.63, 3.8) is 0 Å². The molecule has 0 unspecified atom stereocenters. The number of ketones is 1. The van der Waals surface area contributed by atoms with Crippen LogP contribution in [0.3, 0.4) is 0 Å². The van der Waals surface area contributed by atoms with Gasteiger partial charge in [0.2, 0.25) is 0 Å². The second kappa shape index (κ2) is 4.56. The zero-order valence-electron chi connectivity index (χ0n) is 10.6. The molecule has 0 atom stereocenters. The lowest BCUT2D eigenvalue weighted by Crippen LogP contribution is -1.96. The number of Topliss-reactive ketones (excluding diaryl/α,β-unsaturated/α-hetero) is 1. The minimum absolute atomic E-state index is 0.0984. The van der Waals surface area contributed by atoms with Crippen molar-refractivity contribution in [3.05, 3.63) is 59.7 Å². The third-order valence-electron chi connectivity index (χ3n) is 3.12. The standard InChI is InChI=1S/C16H10F2O2/c1-9(19)12-6-5-11(17)8-13(12)15-7-10-3-2-4-14(18)16(10)20-15/h2-8H,1H3.